The molecular formula is C35H43F3N4O4Si. The van der Waals surface area contributed by atoms with Crippen LogP contribution in [-0.2, 0) is 29.0 Å². The van der Waals surface area contributed by atoms with Gasteiger partial charge in [-0.1, -0.05) is 56.0 Å². The van der Waals surface area contributed by atoms with E-state index in [4.69, 9.17) is 19.2 Å². The minimum atomic E-state index is -4.67. The molecule has 2 aromatic heterocycles. The first-order valence-electron chi connectivity index (χ1n) is 16.0. The lowest BCUT2D eigenvalue weighted by Gasteiger charge is -2.28. The van der Waals surface area contributed by atoms with Crippen LogP contribution >= 0.6 is 0 Å². The van der Waals surface area contributed by atoms with Gasteiger partial charge in [0.25, 0.3) is 5.91 Å². The van der Waals surface area contributed by atoms with Gasteiger partial charge >= 0.3 is 6.18 Å². The second-order valence-corrected chi connectivity index (χ2v) is 19.0. The number of halogens is 3. The van der Waals surface area contributed by atoms with E-state index >= 15 is 0 Å². The highest BCUT2D eigenvalue weighted by Crippen LogP contribution is 2.39. The third-order valence-electron chi connectivity index (χ3n) is 8.51. The van der Waals surface area contributed by atoms with Gasteiger partial charge in [-0.05, 0) is 61.4 Å². The molecule has 4 aromatic rings. The molecular weight excluding hydrogens is 625 g/mol. The number of rotatable bonds is 13. The van der Waals surface area contributed by atoms with Crippen molar-refractivity contribution < 1.29 is 32.2 Å². The average molecular weight is 669 g/mol. The van der Waals surface area contributed by atoms with Crippen molar-refractivity contribution in [3.8, 4) is 5.75 Å². The lowest BCUT2D eigenvalue weighted by molar-refractivity contribution is -0.141. The van der Waals surface area contributed by atoms with Crippen LogP contribution < -0.4 is 10.1 Å². The maximum Gasteiger partial charge on any atom is 0.433 e. The summed E-state index contributed by atoms with van der Waals surface area (Å²) in [5.74, 6) is 1.17. The van der Waals surface area contributed by atoms with Crippen molar-refractivity contribution >= 4 is 30.7 Å². The molecule has 2 heterocycles. The number of methoxy groups -OCH3 is 1. The predicted octanol–water partition coefficient (Wildman–Crippen LogP) is 8.51. The molecule has 1 saturated carbocycles. The van der Waals surface area contributed by atoms with E-state index in [1.165, 1.54) is 18.7 Å². The van der Waals surface area contributed by atoms with Gasteiger partial charge in [-0.2, -0.15) is 13.2 Å². The number of anilines is 1. The Bertz CT molecular complexity index is 1650. The molecule has 0 saturated heterocycles. The van der Waals surface area contributed by atoms with Crippen molar-refractivity contribution in [1.29, 1.82) is 0 Å². The normalized spacial score (nSPS) is 17.2. The van der Waals surface area contributed by atoms with E-state index in [1.54, 1.807) is 12.1 Å². The summed E-state index contributed by atoms with van der Waals surface area (Å²) in [6.45, 7) is 9.16. The molecule has 0 aliphatic heterocycles. The van der Waals surface area contributed by atoms with Crippen LogP contribution in [0, 0.1) is 5.92 Å². The molecule has 5 rings (SSSR count). The summed E-state index contributed by atoms with van der Waals surface area (Å²) in [6.07, 6.45) is -0.708. The molecule has 0 radical (unpaired) electrons. The van der Waals surface area contributed by atoms with Gasteiger partial charge < -0.3 is 24.1 Å². The quantitative estimate of drug-likeness (QED) is 0.114. The Balaban J connectivity index is 1.36. The van der Waals surface area contributed by atoms with Gasteiger partial charge in [0.1, 0.15) is 29.7 Å². The smallest absolute Gasteiger partial charge is 0.433 e. The van der Waals surface area contributed by atoms with E-state index in [1.807, 2.05) is 18.2 Å². The summed E-state index contributed by atoms with van der Waals surface area (Å²) in [6, 6.07) is 17.9. The summed E-state index contributed by atoms with van der Waals surface area (Å²) in [7, 11) is 0.161. The van der Waals surface area contributed by atoms with Crippen molar-refractivity contribution in [3.05, 3.63) is 83.4 Å². The van der Waals surface area contributed by atoms with Crippen molar-refractivity contribution in [2.75, 3.05) is 25.6 Å². The molecule has 252 valence electrons. The molecule has 0 unspecified atom stereocenters. The highest BCUT2D eigenvalue weighted by molar-refractivity contribution is 6.76. The lowest BCUT2D eigenvalue weighted by atomic mass is 9.82. The number of pyridine rings is 1. The number of hydrogen-bond acceptors (Lipinski definition) is 6. The van der Waals surface area contributed by atoms with Crippen LogP contribution in [-0.4, -0.2) is 48.8 Å². The van der Waals surface area contributed by atoms with E-state index in [-0.39, 0.29) is 11.6 Å². The zero-order chi connectivity index (χ0) is 33.6. The molecule has 1 aliphatic carbocycles. The molecule has 1 fully saturated rings. The number of aromatic nitrogens is 3. The van der Waals surface area contributed by atoms with Gasteiger partial charge in [0.15, 0.2) is 0 Å². The van der Waals surface area contributed by atoms with Gasteiger partial charge in [0, 0.05) is 33.3 Å². The molecule has 0 spiro atoms. The monoisotopic (exact) mass is 668 g/mol. The highest BCUT2D eigenvalue weighted by Gasteiger charge is 2.33. The zero-order valence-corrected chi connectivity index (χ0v) is 28.4. The van der Waals surface area contributed by atoms with E-state index in [0.717, 1.165) is 61.8 Å². The number of hydrogen-bond donors (Lipinski definition) is 1. The van der Waals surface area contributed by atoms with Gasteiger partial charge in [-0.3, -0.25) is 4.79 Å². The molecule has 0 bridgehead atoms. The topological polar surface area (TPSA) is 87.5 Å². The fourth-order valence-electron chi connectivity index (χ4n) is 5.83. The second-order valence-electron chi connectivity index (χ2n) is 13.4. The number of nitrogens with zero attached hydrogens (tertiary/aromatic N) is 3. The number of fused-ring (bicyclic) bond motifs is 1. The number of imidazole rings is 1. The third-order valence-corrected chi connectivity index (χ3v) is 10.2. The number of alkyl halides is 3. The van der Waals surface area contributed by atoms with Crippen molar-refractivity contribution in [2.45, 2.75) is 76.8 Å². The number of benzene rings is 2. The Morgan fingerprint density at radius 2 is 1.72 bits per heavy atom. The van der Waals surface area contributed by atoms with E-state index in [2.05, 4.69) is 46.6 Å². The first-order chi connectivity index (χ1) is 22.4. The maximum atomic E-state index is 13.2. The molecule has 47 heavy (non-hydrogen) atoms. The first kappa shape index (κ1) is 34.6. The standard InChI is InChI=1S/C35H43F3N4O4Si/c1-44-31-20-28-30(19-29(31)41-34(43)27-11-8-12-32(39-27)35(36,37)38)42(23-45-17-18-47(2,3)4)33(40-28)26-15-13-25(14-16-26)22-46-21-24-9-6-5-7-10-24/h5-12,19-20,25-26H,13-18,21-23H2,1-4H3,(H,41,43). The maximum absolute atomic E-state index is 13.2. The summed E-state index contributed by atoms with van der Waals surface area (Å²) >= 11 is 0. The minimum absolute atomic E-state index is 0.215. The van der Waals surface area contributed by atoms with Gasteiger partial charge in [0.2, 0.25) is 0 Å². The fraction of sp³-hybridized carbons (Fsp3) is 0.457. The molecule has 1 amide bonds. The Labute approximate surface area is 274 Å². The molecule has 2 aromatic carbocycles. The summed E-state index contributed by atoms with van der Waals surface area (Å²) in [5, 5.41) is 2.70. The Morgan fingerprint density at radius 3 is 2.40 bits per heavy atom. The van der Waals surface area contributed by atoms with Gasteiger partial charge in [-0.25, -0.2) is 9.97 Å². The van der Waals surface area contributed by atoms with Crippen LogP contribution in [0.15, 0.2) is 60.7 Å². The van der Waals surface area contributed by atoms with E-state index in [9.17, 15) is 18.0 Å². The summed E-state index contributed by atoms with van der Waals surface area (Å²) < 4.78 is 59.6. The largest absolute Gasteiger partial charge is 0.494 e. The van der Waals surface area contributed by atoms with E-state index < -0.39 is 25.9 Å². The first-order valence-corrected chi connectivity index (χ1v) is 19.7. The Kier molecular flexibility index (Phi) is 11.0. The molecule has 1 aliphatic rings. The third kappa shape index (κ3) is 9.20. The van der Waals surface area contributed by atoms with Crippen LogP contribution in [0.4, 0.5) is 18.9 Å². The SMILES string of the molecule is COc1cc2nc(C3CCC(COCc4ccccc4)CC3)n(COCC[Si](C)(C)C)c2cc1NC(=O)c1cccc(C(F)(F)F)n1. The van der Waals surface area contributed by atoms with E-state index in [0.29, 0.717) is 42.8 Å². The second kappa shape index (κ2) is 15.0. The van der Waals surface area contributed by atoms with Crippen LogP contribution in [0.2, 0.25) is 25.7 Å². The van der Waals surface area contributed by atoms with Crippen molar-refractivity contribution in [2.24, 2.45) is 5.92 Å². The predicted molar refractivity (Wildman–Crippen MR) is 178 cm³/mol. The number of carbonyl (C=O) groups excluding carboxylic acids is 1. The Hall–Kier alpha value is -3.74. The number of nitrogens with one attached hydrogen (secondary N) is 1. The Morgan fingerprint density at radius 1 is 0.979 bits per heavy atom. The number of amides is 1. The minimum Gasteiger partial charge on any atom is -0.494 e. The van der Waals surface area contributed by atoms with Crippen molar-refractivity contribution in [3.63, 3.8) is 0 Å². The van der Waals surface area contributed by atoms with Crippen LogP contribution in [0.5, 0.6) is 5.75 Å². The van der Waals surface area contributed by atoms with Crippen LogP contribution in [0.1, 0.15) is 59.2 Å². The number of ether oxygens (including phenoxy) is 3. The fourth-order valence-corrected chi connectivity index (χ4v) is 6.59. The lowest BCUT2D eigenvalue weighted by Crippen LogP contribution is -2.23. The van der Waals surface area contributed by atoms with Gasteiger partial charge in [0.05, 0.1) is 30.4 Å². The van der Waals surface area contributed by atoms with Crippen LogP contribution in [0.25, 0.3) is 11.0 Å². The average Bonchev–Trinajstić information content (AvgIpc) is 3.39. The molecule has 0 atom stereocenters. The molecule has 12 heteroatoms. The molecule has 8 nitrogen and oxygen atoms in total. The molecule has 1 N–H and O–H groups in total. The van der Waals surface area contributed by atoms with Crippen LogP contribution in [0.3, 0.4) is 0 Å². The summed E-state index contributed by atoms with van der Waals surface area (Å²) in [5.41, 5.74) is 1.42. The van der Waals surface area contributed by atoms with Gasteiger partial charge in [-0.15, -0.1) is 0 Å². The highest BCUT2D eigenvalue weighted by atomic mass is 28.3. The summed E-state index contributed by atoms with van der Waals surface area (Å²) in [4.78, 5) is 21.7. The van der Waals surface area contributed by atoms with Crippen molar-refractivity contribution in [1.82, 2.24) is 14.5 Å². The zero-order valence-electron chi connectivity index (χ0n) is 27.4. The number of carbonyl (C=O) groups is 1.